The van der Waals surface area contributed by atoms with Crippen LogP contribution < -0.4 is 0 Å². The molecule has 0 saturated heterocycles. The van der Waals surface area contributed by atoms with Crippen molar-refractivity contribution in [3.05, 3.63) is 164 Å². The molecule has 234 valence electrons. The maximum Gasteiger partial charge on any atom is 0.164 e. The number of nitrogens with zero attached hydrogens (tertiary/aromatic N) is 3. The zero-order valence-electron chi connectivity index (χ0n) is 26.7. The molecule has 0 fully saturated rings. The summed E-state index contributed by atoms with van der Waals surface area (Å²) in [5.74, 6) is 1.77. The Morgan fingerprint density at radius 2 is 0.800 bits per heavy atom. The molecule has 5 heteroatoms. The van der Waals surface area contributed by atoms with Gasteiger partial charge in [-0.15, -0.1) is 0 Å². The van der Waals surface area contributed by atoms with Gasteiger partial charge < -0.3 is 8.83 Å². The Kier molecular flexibility index (Phi) is 6.42. The Morgan fingerprint density at radius 3 is 1.52 bits per heavy atom. The first kappa shape index (κ1) is 28.2. The van der Waals surface area contributed by atoms with Gasteiger partial charge in [0, 0.05) is 43.8 Å². The van der Waals surface area contributed by atoms with Crippen LogP contribution in [0.3, 0.4) is 0 Å². The van der Waals surface area contributed by atoms with Crippen LogP contribution in [0.15, 0.2) is 173 Å². The highest BCUT2D eigenvalue weighted by molar-refractivity contribution is 6.10. The number of hydrogen-bond donors (Lipinski definition) is 0. The van der Waals surface area contributed by atoms with E-state index in [1.807, 2.05) is 66.7 Å². The minimum absolute atomic E-state index is 0.586. The van der Waals surface area contributed by atoms with Crippen molar-refractivity contribution in [2.75, 3.05) is 0 Å². The average Bonchev–Trinajstić information content (AvgIpc) is 3.76. The largest absolute Gasteiger partial charge is 0.456 e. The molecule has 0 aliphatic heterocycles. The summed E-state index contributed by atoms with van der Waals surface area (Å²) < 4.78 is 12.6. The zero-order chi connectivity index (χ0) is 33.0. The Hall–Kier alpha value is -6.85. The third kappa shape index (κ3) is 4.75. The maximum atomic E-state index is 6.48. The molecule has 0 aliphatic carbocycles. The molecule has 0 N–H and O–H groups in total. The van der Waals surface area contributed by atoms with Gasteiger partial charge in [0.2, 0.25) is 0 Å². The average molecular weight is 642 g/mol. The monoisotopic (exact) mass is 641 g/mol. The van der Waals surface area contributed by atoms with Gasteiger partial charge in [-0.2, -0.15) is 0 Å². The van der Waals surface area contributed by atoms with E-state index in [2.05, 4.69) is 97.1 Å². The van der Waals surface area contributed by atoms with Crippen LogP contribution in [-0.4, -0.2) is 15.0 Å². The van der Waals surface area contributed by atoms with Crippen molar-refractivity contribution in [3.63, 3.8) is 0 Å². The Balaban J connectivity index is 1.16. The molecule has 0 radical (unpaired) electrons. The van der Waals surface area contributed by atoms with E-state index in [9.17, 15) is 0 Å². The van der Waals surface area contributed by atoms with Gasteiger partial charge in [0.25, 0.3) is 0 Å². The van der Waals surface area contributed by atoms with Gasteiger partial charge in [0.1, 0.15) is 22.3 Å². The van der Waals surface area contributed by atoms with Crippen molar-refractivity contribution in [3.8, 4) is 56.4 Å². The topological polar surface area (TPSA) is 65.0 Å². The number of furan rings is 2. The molecule has 10 aromatic rings. The predicted octanol–water partition coefficient (Wildman–Crippen LogP) is 12.0. The van der Waals surface area contributed by atoms with Crippen LogP contribution in [0.2, 0.25) is 0 Å². The van der Waals surface area contributed by atoms with Crippen LogP contribution in [0, 0.1) is 0 Å². The highest BCUT2D eigenvalue weighted by atomic mass is 16.3. The number of fused-ring (bicyclic) bond motifs is 6. The smallest absolute Gasteiger partial charge is 0.164 e. The number of benzene rings is 7. The molecule has 0 atom stereocenters. The van der Waals surface area contributed by atoms with Crippen LogP contribution in [0.5, 0.6) is 0 Å². The summed E-state index contributed by atoms with van der Waals surface area (Å²) in [4.78, 5) is 15.3. The minimum atomic E-state index is 0.586. The summed E-state index contributed by atoms with van der Waals surface area (Å²) in [6.07, 6.45) is 0. The van der Waals surface area contributed by atoms with E-state index in [1.165, 1.54) is 0 Å². The molecule has 7 aromatic carbocycles. The van der Waals surface area contributed by atoms with E-state index >= 15 is 0 Å². The first-order valence-corrected chi connectivity index (χ1v) is 16.6. The van der Waals surface area contributed by atoms with E-state index in [0.717, 1.165) is 82.8 Å². The summed E-state index contributed by atoms with van der Waals surface area (Å²) in [5, 5.41) is 4.14. The van der Waals surface area contributed by atoms with Gasteiger partial charge in [-0.25, -0.2) is 15.0 Å². The van der Waals surface area contributed by atoms with Crippen molar-refractivity contribution in [1.82, 2.24) is 15.0 Å². The lowest BCUT2D eigenvalue weighted by Gasteiger charge is -2.10. The van der Waals surface area contributed by atoms with Gasteiger partial charge in [0.05, 0.1) is 0 Å². The Bertz CT molecular complexity index is 2870. The van der Waals surface area contributed by atoms with E-state index in [4.69, 9.17) is 23.8 Å². The second-order valence-corrected chi connectivity index (χ2v) is 12.4. The fourth-order valence-corrected chi connectivity index (χ4v) is 6.88. The summed E-state index contributed by atoms with van der Waals surface area (Å²) in [6.45, 7) is 0. The molecule has 50 heavy (non-hydrogen) atoms. The first-order chi connectivity index (χ1) is 24.7. The molecule has 5 nitrogen and oxygen atoms in total. The SMILES string of the molecule is c1ccc(-c2cccc(-c3nc(-c4ccc5oc6ccccc6c5c4)nc(-c4ccc5oc6c(-c7ccccc7)cccc6c5c4)n3)c2)cc1. The van der Waals surface area contributed by atoms with Crippen LogP contribution in [0.25, 0.3) is 100 Å². The molecule has 0 aliphatic rings. The van der Waals surface area contributed by atoms with E-state index in [-0.39, 0.29) is 0 Å². The summed E-state index contributed by atoms with van der Waals surface area (Å²) in [6, 6.07) is 55.8. The highest BCUT2D eigenvalue weighted by Gasteiger charge is 2.18. The van der Waals surface area contributed by atoms with E-state index < -0.39 is 0 Å². The minimum Gasteiger partial charge on any atom is -0.456 e. The highest BCUT2D eigenvalue weighted by Crippen LogP contribution is 2.38. The predicted molar refractivity (Wildman–Crippen MR) is 202 cm³/mol. The first-order valence-electron chi connectivity index (χ1n) is 16.6. The van der Waals surface area contributed by atoms with Gasteiger partial charge >= 0.3 is 0 Å². The van der Waals surface area contributed by atoms with Crippen molar-refractivity contribution in [2.24, 2.45) is 0 Å². The van der Waals surface area contributed by atoms with Gasteiger partial charge in [-0.3, -0.25) is 0 Å². The van der Waals surface area contributed by atoms with Crippen molar-refractivity contribution in [1.29, 1.82) is 0 Å². The lowest BCUT2D eigenvalue weighted by Crippen LogP contribution is -2.00. The van der Waals surface area contributed by atoms with Crippen LogP contribution in [0.1, 0.15) is 0 Å². The Morgan fingerprint density at radius 1 is 0.300 bits per heavy atom. The fourth-order valence-electron chi connectivity index (χ4n) is 6.88. The molecule has 0 amide bonds. The van der Waals surface area contributed by atoms with Crippen molar-refractivity contribution < 1.29 is 8.83 Å². The molecule has 0 unspecified atom stereocenters. The van der Waals surface area contributed by atoms with Crippen LogP contribution in [0.4, 0.5) is 0 Å². The fraction of sp³-hybridized carbons (Fsp3) is 0. The normalized spacial score (nSPS) is 11.6. The zero-order valence-corrected chi connectivity index (χ0v) is 26.7. The molecular formula is C45H27N3O2. The molecule has 0 spiro atoms. The van der Waals surface area contributed by atoms with Gasteiger partial charge in [-0.1, -0.05) is 115 Å². The van der Waals surface area contributed by atoms with Crippen molar-refractivity contribution in [2.45, 2.75) is 0 Å². The van der Waals surface area contributed by atoms with Gasteiger partial charge in [0.15, 0.2) is 17.5 Å². The molecule has 0 saturated carbocycles. The quantitative estimate of drug-likeness (QED) is 0.187. The van der Waals surface area contributed by atoms with Crippen molar-refractivity contribution >= 4 is 43.9 Å². The maximum absolute atomic E-state index is 6.48. The molecule has 10 rings (SSSR count). The molecule has 0 bridgehead atoms. The third-order valence-electron chi connectivity index (χ3n) is 9.34. The molecule has 3 aromatic heterocycles. The summed E-state index contributed by atoms with van der Waals surface area (Å²) in [5.41, 5.74) is 10.4. The van der Waals surface area contributed by atoms with Gasteiger partial charge in [-0.05, 0) is 65.2 Å². The number of para-hydroxylation sites is 2. The summed E-state index contributed by atoms with van der Waals surface area (Å²) in [7, 11) is 0. The van der Waals surface area contributed by atoms with E-state index in [1.54, 1.807) is 0 Å². The standard InChI is InChI=1S/C45H27N3O2/c1-3-11-28(12-4-1)30-15-9-16-31(25-30)43-46-44(32-21-23-40-37(26-32)35-17-7-8-20-39(35)49-40)48-45(47-43)33-22-24-41-38(27-33)36-19-10-18-34(42(36)50-41)29-13-5-2-6-14-29/h1-27H. The van der Waals surface area contributed by atoms with E-state index in [0.29, 0.717) is 17.5 Å². The molecule has 3 heterocycles. The number of aromatic nitrogens is 3. The summed E-state index contributed by atoms with van der Waals surface area (Å²) >= 11 is 0. The lowest BCUT2D eigenvalue weighted by molar-refractivity contribution is 0.669. The second-order valence-electron chi connectivity index (χ2n) is 12.4. The number of hydrogen-bond acceptors (Lipinski definition) is 5. The molecular weight excluding hydrogens is 615 g/mol. The van der Waals surface area contributed by atoms with Crippen LogP contribution >= 0.6 is 0 Å². The Labute approximate surface area is 287 Å². The number of rotatable bonds is 5. The lowest BCUT2D eigenvalue weighted by atomic mass is 10.0. The van der Waals surface area contributed by atoms with Crippen LogP contribution in [-0.2, 0) is 0 Å². The third-order valence-corrected chi connectivity index (χ3v) is 9.34. The second kappa shape index (κ2) is 11.4.